The summed E-state index contributed by atoms with van der Waals surface area (Å²) in [6.45, 7) is 12.6. The molecule has 0 unspecified atom stereocenters. The summed E-state index contributed by atoms with van der Waals surface area (Å²) in [5.74, 6) is 0.291. The number of hydrogen-bond donors (Lipinski definition) is 1. The summed E-state index contributed by atoms with van der Waals surface area (Å²) in [6.07, 6.45) is 0. The van der Waals surface area contributed by atoms with E-state index in [1.54, 1.807) is 12.1 Å². The molecule has 1 aromatic carbocycles. The Hall–Kier alpha value is -0.690. The summed E-state index contributed by atoms with van der Waals surface area (Å²) >= 11 is 6.44. The monoisotopic (exact) mass is 240 g/mol. The number of hydrogen-bond acceptors (Lipinski definition) is 1. The lowest BCUT2D eigenvalue weighted by Gasteiger charge is -2.27. The van der Waals surface area contributed by atoms with E-state index in [1.807, 2.05) is 0 Å². The van der Waals surface area contributed by atoms with Crippen LogP contribution in [0.2, 0.25) is 5.02 Å². The van der Waals surface area contributed by atoms with Crippen molar-refractivity contribution in [3.63, 3.8) is 0 Å². The maximum absolute atomic E-state index is 9.79. The van der Waals surface area contributed by atoms with Gasteiger partial charge in [0.1, 0.15) is 5.75 Å². The molecule has 0 aliphatic heterocycles. The minimum absolute atomic E-state index is 0.0597. The Balaban J connectivity index is 3.51. The molecule has 0 amide bonds. The zero-order chi connectivity index (χ0) is 12.7. The molecule has 0 aliphatic rings. The Kier molecular flexibility index (Phi) is 3.31. The first kappa shape index (κ1) is 13.4. The Bertz CT molecular complexity index is 359. The van der Waals surface area contributed by atoms with E-state index in [0.29, 0.717) is 5.75 Å². The second-order valence-electron chi connectivity index (χ2n) is 6.35. The van der Waals surface area contributed by atoms with E-state index >= 15 is 0 Å². The van der Waals surface area contributed by atoms with Crippen LogP contribution in [0.15, 0.2) is 12.1 Å². The molecule has 1 rings (SSSR count). The minimum Gasteiger partial charge on any atom is -0.508 e. The van der Waals surface area contributed by atoms with Crippen molar-refractivity contribution in [3.8, 4) is 5.75 Å². The average molecular weight is 241 g/mol. The maximum atomic E-state index is 9.79. The van der Waals surface area contributed by atoms with Crippen molar-refractivity contribution in [1.29, 1.82) is 0 Å². The van der Waals surface area contributed by atoms with Crippen LogP contribution in [0, 0.1) is 0 Å². The second kappa shape index (κ2) is 3.96. The van der Waals surface area contributed by atoms with Gasteiger partial charge in [-0.15, -0.1) is 0 Å². The summed E-state index contributed by atoms with van der Waals surface area (Å²) in [6, 6.07) is 3.52. The molecule has 0 bridgehead atoms. The van der Waals surface area contributed by atoms with Gasteiger partial charge in [0.05, 0.1) is 0 Å². The highest BCUT2D eigenvalue weighted by Gasteiger charge is 2.25. The summed E-state index contributed by atoms with van der Waals surface area (Å²) < 4.78 is 0. The fraction of sp³-hybridized carbons (Fsp3) is 0.571. The molecule has 0 atom stereocenters. The van der Waals surface area contributed by atoms with Gasteiger partial charge in [-0.3, -0.25) is 0 Å². The molecule has 0 aliphatic carbocycles. The maximum Gasteiger partial charge on any atom is 0.116 e. The van der Waals surface area contributed by atoms with Gasteiger partial charge in [-0.1, -0.05) is 53.1 Å². The predicted octanol–water partition coefficient (Wildman–Crippen LogP) is 4.64. The second-order valence-corrected chi connectivity index (χ2v) is 6.73. The molecule has 2 heteroatoms. The molecule has 1 N–H and O–H groups in total. The Labute approximate surface area is 103 Å². The van der Waals surface area contributed by atoms with Gasteiger partial charge < -0.3 is 5.11 Å². The molecule has 0 aromatic heterocycles. The topological polar surface area (TPSA) is 20.2 Å². The summed E-state index contributed by atoms with van der Waals surface area (Å²) in [4.78, 5) is 0. The van der Waals surface area contributed by atoms with Gasteiger partial charge in [0.25, 0.3) is 0 Å². The molecule has 90 valence electrons. The lowest BCUT2D eigenvalue weighted by atomic mass is 9.80. The van der Waals surface area contributed by atoms with Crippen LogP contribution in [0.5, 0.6) is 5.75 Å². The van der Waals surface area contributed by atoms with E-state index in [-0.39, 0.29) is 10.8 Å². The molecule has 0 saturated carbocycles. The van der Waals surface area contributed by atoms with Crippen molar-refractivity contribution >= 4 is 11.6 Å². The van der Waals surface area contributed by atoms with E-state index in [2.05, 4.69) is 41.5 Å². The summed E-state index contributed by atoms with van der Waals surface area (Å²) in [5, 5.41) is 10.6. The van der Waals surface area contributed by atoms with Crippen LogP contribution in [0.25, 0.3) is 0 Å². The molecule has 16 heavy (non-hydrogen) atoms. The summed E-state index contributed by atoms with van der Waals surface area (Å²) in [5.41, 5.74) is 1.88. The van der Waals surface area contributed by atoms with Crippen molar-refractivity contribution < 1.29 is 5.11 Å². The van der Waals surface area contributed by atoms with Gasteiger partial charge in [-0.2, -0.15) is 0 Å². The molecule has 0 heterocycles. The highest BCUT2D eigenvalue weighted by atomic mass is 35.5. The van der Waals surface area contributed by atoms with E-state index in [4.69, 9.17) is 11.6 Å². The van der Waals surface area contributed by atoms with Gasteiger partial charge in [-0.05, 0) is 34.1 Å². The first-order valence-electron chi connectivity index (χ1n) is 5.57. The number of phenolic OH excluding ortho intramolecular Hbond substituents is 1. The molecule has 1 nitrogen and oxygen atoms in total. The third-order valence-electron chi connectivity index (χ3n) is 2.67. The normalized spacial score (nSPS) is 12.9. The van der Waals surface area contributed by atoms with Crippen LogP contribution in [-0.2, 0) is 10.8 Å². The van der Waals surface area contributed by atoms with E-state index in [0.717, 1.165) is 16.1 Å². The lowest BCUT2D eigenvalue weighted by molar-refractivity contribution is 0.466. The first-order chi connectivity index (χ1) is 7.03. The SMILES string of the molecule is CC(C)(C)c1cc(O)cc(C(C)(C)C)c1Cl. The fourth-order valence-corrected chi connectivity index (χ4v) is 2.38. The van der Waals surface area contributed by atoms with Gasteiger partial charge in [0.15, 0.2) is 0 Å². The van der Waals surface area contributed by atoms with Gasteiger partial charge in [0, 0.05) is 5.02 Å². The molecule has 0 radical (unpaired) electrons. The van der Waals surface area contributed by atoms with Crippen molar-refractivity contribution in [3.05, 3.63) is 28.3 Å². The zero-order valence-electron chi connectivity index (χ0n) is 11.0. The van der Waals surface area contributed by atoms with Gasteiger partial charge in [0.2, 0.25) is 0 Å². The highest BCUT2D eigenvalue weighted by molar-refractivity contribution is 6.32. The minimum atomic E-state index is -0.0597. The molecular formula is C14H21ClO. The third kappa shape index (κ3) is 2.70. The van der Waals surface area contributed by atoms with Crippen LogP contribution < -0.4 is 0 Å². The Morgan fingerprint density at radius 3 is 1.44 bits per heavy atom. The number of aromatic hydroxyl groups is 1. The highest BCUT2D eigenvalue weighted by Crippen LogP contribution is 2.39. The first-order valence-corrected chi connectivity index (χ1v) is 5.95. The quantitative estimate of drug-likeness (QED) is 0.701. The molecular weight excluding hydrogens is 220 g/mol. The molecule has 0 fully saturated rings. The number of phenols is 1. The van der Waals surface area contributed by atoms with Crippen molar-refractivity contribution in [2.45, 2.75) is 52.4 Å². The van der Waals surface area contributed by atoms with E-state index in [9.17, 15) is 5.11 Å². The van der Waals surface area contributed by atoms with E-state index in [1.165, 1.54) is 0 Å². The molecule has 1 aromatic rings. The Morgan fingerprint density at radius 2 is 1.19 bits per heavy atom. The van der Waals surface area contributed by atoms with Crippen LogP contribution in [0.1, 0.15) is 52.7 Å². The average Bonchev–Trinajstić information content (AvgIpc) is 2.04. The predicted molar refractivity (Wildman–Crippen MR) is 70.5 cm³/mol. The smallest absolute Gasteiger partial charge is 0.116 e. The lowest BCUT2D eigenvalue weighted by Crippen LogP contribution is -2.17. The third-order valence-corrected chi connectivity index (χ3v) is 3.08. The summed E-state index contributed by atoms with van der Waals surface area (Å²) in [7, 11) is 0. The van der Waals surface area contributed by atoms with Crippen LogP contribution in [-0.4, -0.2) is 5.11 Å². The number of halogens is 1. The fourth-order valence-electron chi connectivity index (χ4n) is 1.70. The number of benzene rings is 1. The number of rotatable bonds is 0. The molecule has 0 spiro atoms. The van der Waals surface area contributed by atoms with E-state index < -0.39 is 0 Å². The molecule has 0 saturated heterocycles. The zero-order valence-corrected chi connectivity index (χ0v) is 11.7. The van der Waals surface area contributed by atoms with Crippen LogP contribution in [0.4, 0.5) is 0 Å². The van der Waals surface area contributed by atoms with Crippen molar-refractivity contribution in [2.75, 3.05) is 0 Å². The van der Waals surface area contributed by atoms with Gasteiger partial charge >= 0.3 is 0 Å². The van der Waals surface area contributed by atoms with Crippen LogP contribution >= 0.6 is 11.6 Å². The van der Waals surface area contributed by atoms with Crippen molar-refractivity contribution in [2.24, 2.45) is 0 Å². The van der Waals surface area contributed by atoms with Gasteiger partial charge in [-0.25, -0.2) is 0 Å². The Morgan fingerprint density at radius 1 is 0.875 bits per heavy atom. The standard InChI is InChI=1S/C14H21ClO/c1-13(2,3)10-7-9(16)8-11(12(10)15)14(4,5)6/h7-8,16H,1-6H3. The van der Waals surface area contributed by atoms with Crippen molar-refractivity contribution in [1.82, 2.24) is 0 Å². The van der Waals surface area contributed by atoms with Crippen LogP contribution in [0.3, 0.4) is 0 Å². The largest absolute Gasteiger partial charge is 0.508 e.